The van der Waals surface area contributed by atoms with E-state index in [1.807, 2.05) is 35.0 Å². The zero-order chi connectivity index (χ0) is 11.4. The molecule has 0 fully saturated rings. The third kappa shape index (κ3) is 2.48. The van der Waals surface area contributed by atoms with E-state index in [1.54, 1.807) is 6.07 Å². The number of anilines is 1. The first kappa shape index (κ1) is 10.9. The highest BCUT2D eigenvalue weighted by atomic mass is 32.1. The Hall–Kier alpha value is -1.65. The van der Waals surface area contributed by atoms with E-state index in [0.717, 1.165) is 11.3 Å². The first-order chi connectivity index (χ1) is 7.79. The molecular formula is C12H12N2OS. The molecule has 4 heteroatoms. The average molecular weight is 232 g/mol. The van der Waals surface area contributed by atoms with Gasteiger partial charge in [-0.15, -0.1) is 0 Å². The number of hydrogen-bond acceptors (Lipinski definition) is 3. The monoisotopic (exact) mass is 232 g/mol. The second-order valence-electron chi connectivity index (χ2n) is 3.37. The summed E-state index contributed by atoms with van der Waals surface area (Å²) in [6, 6.07) is 9.34. The molecule has 0 bridgehead atoms. The Morgan fingerprint density at radius 3 is 2.94 bits per heavy atom. The lowest BCUT2D eigenvalue weighted by Gasteiger charge is -2.05. The van der Waals surface area contributed by atoms with Crippen LogP contribution in [0.5, 0.6) is 0 Å². The molecule has 1 aromatic heterocycles. The summed E-state index contributed by atoms with van der Waals surface area (Å²) in [5.74, 6) is -0.0876. The van der Waals surface area contributed by atoms with Crippen molar-refractivity contribution < 1.29 is 4.79 Å². The highest BCUT2D eigenvalue weighted by molar-refractivity contribution is 7.08. The van der Waals surface area contributed by atoms with E-state index in [-0.39, 0.29) is 5.91 Å². The second-order valence-corrected chi connectivity index (χ2v) is 4.15. The maximum Gasteiger partial charge on any atom is 0.256 e. The summed E-state index contributed by atoms with van der Waals surface area (Å²) in [5, 5.41) is 6.53. The molecule has 0 spiro atoms. The number of nitrogens with two attached hydrogens (primary N) is 1. The Morgan fingerprint density at radius 2 is 2.25 bits per heavy atom. The van der Waals surface area contributed by atoms with Crippen LogP contribution in [0.4, 0.5) is 5.69 Å². The van der Waals surface area contributed by atoms with Crippen molar-refractivity contribution in [2.75, 3.05) is 5.32 Å². The normalized spacial score (nSPS) is 10.1. The number of amides is 1. The van der Waals surface area contributed by atoms with Gasteiger partial charge in [0.1, 0.15) is 0 Å². The zero-order valence-electron chi connectivity index (χ0n) is 8.64. The molecule has 0 saturated carbocycles. The molecule has 3 N–H and O–H groups in total. The average Bonchev–Trinajstić information content (AvgIpc) is 2.83. The first-order valence-electron chi connectivity index (χ1n) is 4.92. The maximum atomic E-state index is 11.7. The third-order valence-electron chi connectivity index (χ3n) is 2.20. The Kier molecular flexibility index (Phi) is 3.34. The van der Waals surface area contributed by atoms with Crippen molar-refractivity contribution in [3.63, 3.8) is 0 Å². The molecular weight excluding hydrogens is 220 g/mol. The van der Waals surface area contributed by atoms with Gasteiger partial charge in [0, 0.05) is 17.6 Å². The van der Waals surface area contributed by atoms with E-state index in [9.17, 15) is 4.79 Å². The fraction of sp³-hybridized carbons (Fsp3) is 0.0833. The molecule has 3 nitrogen and oxygen atoms in total. The van der Waals surface area contributed by atoms with Gasteiger partial charge in [0.05, 0.1) is 5.56 Å². The minimum atomic E-state index is -0.0876. The van der Waals surface area contributed by atoms with Crippen LogP contribution in [0.2, 0.25) is 0 Å². The SMILES string of the molecule is NCc1cccc(NC(=O)c2ccsc2)c1. The lowest BCUT2D eigenvalue weighted by atomic mass is 10.2. The summed E-state index contributed by atoms with van der Waals surface area (Å²) in [5.41, 5.74) is 8.00. The van der Waals surface area contributed by atoms with E-state index in [2.05, 4.69) is 5.32 Å². The van der Waals surface area contributed by atoms with Crippen molar-refractivity contribution in [2.24, 2.45) is 5.73 Å². The molecule has 0 radical (unpaired) electrons. The van der Waals surface area contributed by atoms with Crippen molar-refractivity contribution in [2.45, 2.75) is 6.54 Å². The highest BCUT2D eigenvalue weighted by Crippen LogP contribution is 2.13. The standard InChI is InChI=1S/C12H12N2OS/c13-7-9-2-1-3-11(6-9)14-12(15)10-4-5-16-8-10/h1-6,8H,7,13H2,(H,14,15). The zero-order valence-corrected chi connectivity index (χ0v) is 9.46. The molecule has 1 amide bonds. The Morgan fingerprint density at radius 1 is 1.38 bits per heavy atom. The fourth-order valence-electron chi connectivity index (χ4n) is 1.37. The topological polar surface area (TPSA) is 55.1 Å². The van der Waals surface area contributed by atoms with Gasteiger partial charge in [0.25, 0.3) is 5.91 Å². The second kappa shape index (κ2) is 4.92. The lowest BCUT2D eigenvalue weighted by molar-refractivity contribution is 0.102. The minimum absolute atomic E-state index is 0.0876. The van der Waals surface area contributed by atoms with E-state index < -0.39 is 0 Å². The van der Waals surface area contributed by atoms with E-state index in [4.69, 9.17) is 5.73 Å². The van der Waals surface area contributed by atoms with Gasteiger partial charge in [0.2, 0.25) is 0 Å². The molecule has 82 valence electrons. The van der Waals surface area contributed by atoms with E-state index >= 15 is 0 Å². The van der Waals surface area contributed by atoms with Gasteiger partial charge in [-0.25, -0.2) is 0 Å². The molecule has 0 aliphatic heterocycles. The lowest BCUT2D eigenvalue weighted by Crippen LogP contribution is -2.11. The van der Waals surface area contributed by atoms with Crippen LogP contribution in [-0.4, -0.2) is 5.91 Å². The van der Waals surface area contributed by atoms with Gasteiger partial charge < -0.3 is 11.1 Å². The predicted molar refractivity (Wildman–Crippen MR) is 66.6 cm³/mol. The Balaban J connectivity index is 2.12. The van der Waals surface area contributed by atoms with Crippen molar-refractivity contribution in [1.82, 2.24) is 0 Å². The van der Waals surface area contributed by atoms with Crippen molar-refractivity contribution >= 4 is 22.9 Å². The molecule has 1 heterocycles. The van der Waals surface area contributed by atoms with Crippen LogP contribution in [0.25, 0.3) is 0 Å². The summed E-state index contributed by atoms with van der Waals surface area (Å²) in [4.78, 5) is 11.7. The molecule has 1 aromatic carbocycles. The summed E-state index contributed by atoms with van der Waals surface area (Å²) in [6.45, 7) is 0.474. The molecule has 0 saturated heterocycles. The number of thiophene rings is 1. The molecule has 16 heavy (non-hydrogen) atoms. The van der Waals surface area contributed by atoms with Crippen LogP contribution in [0.3, 0.4) is 0 Å². The first-order valence-corrected chi connectivity index (χ1v) is 5.86. The van der Waals surface area contributed by atoms with Crippen LogP contribution >= 0.6 is 11.3 Å². The van der Waals surface area contributed by atoms with Gasteiger partial charge in [-0.1, -0.05) is 12.1 Å². The van der Waals surface area contributed by atoms with Crippen molar-refractivity contribution in [3.8, 4) is 0 Å². The molecule has 0 aliphatic carbocycles. The van der Waals surface area contributed by atoms with Gasteiger partial charge in [-0.2, -0.15) is 11.3 Å². The number of carbonyl (C=O) groups is 1. The predicted octanol–water partition coefficient (Wildman–Crippen LogP) is 2.46. The number of carbonyl (C=O) groups excluding carboxylic acids is 1. The smallest absolute Gasteiger partial charge is 0.256 e. The molecule has 0 aliphatic rings. The quantitative estimate of drug-likeness (QED) is 0.854. The van der Waals surface area contributed by atoms with Gasteiger partial charge in [-0.3, -0.25) is 4.79 Å². The highest BCUT2D eigenvalue weighted by Gasteiger charge is 2.05. The number of hydrogen-bond donors (Lipinski definition) is 2. The molecule has 0 atom stereocenters. The number of rotatable bonds is 3. The number of nitrogens with one attached hydrogen (secondary N) is 1. The van der Waals surface area contributed by atoms with Crippen LogP contribution in [0, 0.1) is 0 Å². The van der Waals surface area contributed by atoms with Crippen molar-refractivity contribution in [3.05, 3.63) is 52.2 Å². The Bertz CT molecular complexity index is 480. The van der Waals surface area contributed by atoms with Crippen LogP contribution in [0.15, 0.2) is 41.1 Å². The van der Waals surface area contributed by atoms with Gasteiger partial charge in [0.15, 0.2) is 0 Å². The summed E-state index contributed by atoms with van der Waals surface area (Å²) < 4.78 is 0. The maximum absolute atomic E-state index is 11.7. The molecule has 2 aromatic rings. The fourth-order valence-corrected chi connectivity index (χ4v) is 2.01. The van der Waals surface area contributed by atoms with E-state index in [0.29, 0.717) is 12.1 Å². The van der Waals surface area contributed by atoms with Crippen LogP contribution in [-0.2, 0) is 6.54 Å². The van der Waals surface area contributed by atoms with Crippen LogP contribution < -0.4 is 11.1 Å². The molecule has 2 rings (SSSR count). The third-order valence-corrected chi connectivity index (χ3v) is 2.89. The summed E-state index contributed by atoms with van der Waals surface area (Å²) in [7, 11) is 0. The Labute approximate surface area is 97.9 Å². The van der Waals surface area contributed by atoms with Gasteiger partial charge >= 0.3 is 0 Å². The van der Waals surface area contributed by atoms with Crippen molar-refractivity contribution in [1.29, 1.82) is 0 Å². The summed E-state index contributed by atoms with van der Waals surface area (Å²) >= 11 is 1.51. The molecule has 0 unspecified atom stereocenters. The van der Waals surface area contributed by atoms with Gasteiger partial charge in [-0.05, 0) is 29.1 Å². The number of benzene rings is 1. The van der Waals surface area contributed by atoms with E-state index in [1.165, 1.54) is 11.3 Å². The largest absolute Gasteiger partial charge is 0.326 e. The van der Waals surface area contributed by atoms with Crippen LogP contribution in [0.1, 0.15) is 15.9 Å². The minimum Gasteiger partial charge on any atom is -0.326 e. The summed E-state index contributed by atoms with van der Waals surface area (Å²) in [6.07, 6.45) is 0.